The van der Waals surface area contributed by atoms with E-state index in [0.717, 1.165) is 12.8 Å². The second-order valence-corrected chi connectivity index (χ2v) is 6.87. The van der Waals surface area contributed by atoms with Crippen LogP contribution in [0.1, 0.15) is 52.3 Å². The Balaban J connectivity index is 1.39. The molecular weight excluding hydrogens is 356 g/mol. The van der Waals surface area contributed by atoms with Crippen LogP contribution in [0.4, 0.5) is 0 Å². The maximum atomic E-state index is 12.7. The van der Waals surface area contributed by atoms with Crippen LogP contribution in [0, 0.1) is 0 Å². The van der Waals surface area contributed by atoms with Crippen LogP contribution in [0.25, 0.3) is 11.5 Å². The highest BCUT2D eigenvalue weighted by Gasteiger charge is 2.28. The number of nitrogens with zero attached hydrogens (tertiary/aromatic N) is 4. The van der Waals surface area contributed by atoms with E-state index >= 15 is 0 Å². The molecule has 0 spiro atoms. The van der Waals surface area contributed by atoms with Gasteiger partial charge in [-0.05, 0) is 44.0 Å². The van der Waals surface area contributed by atoms with Gasteiger partial charge in [-0.25, -0.2) is 0 Å². The van der Waals surface area contributed by atoms with Crippen LogP contribution in [0.2, 0.25) is 0 Å². The number of carbonyl (C=O) groups is 2. The number of ketones is 1. The van der Waals surface area contributed by atoms with Gasteiger partial charge in [0.1, 0.15) is 5.69 Å². The second-order valence-electron chi connectivity index (χ2n) is 6.87. The van der Waals surface area contributed by atoms with Crippen LogP contribution in [-0.4, -0.2) is 44.8 Å². The molecule has 1 aliphatic rings. The third kappa shape index (κ3) is 3.69. The van der Waals surface area contributed by atoms with Crippen molar-refractivity contribution >= 4 is 11.7 Å². The van der Waals surface area contributed by atoms with Gasteiger partial charge in [0, 0.05) is 36.3 Å². The molecule has 142 valence electrons. The fraction of sp³-hybridized carbons (Fsp3) is 0.286. The minimum absolute atomic E-state index is 0.00978. The third-order valence-corrected chi connectivity index (χ3v) is 5.01. The summed E-state index contributed by atoms with van der Waals surface area (Å²) in [6.07, 6.45) is 3.22. The zero-order valence-electron chi connectivity index (χ0n) is 15.5. The first-order chi connectivity index (χ1) is 13.6. The summed E-state index contributed by atoms with van der Waals surface area (Å²) in [5.41, 5.74) is 1.88. The predicted molar refractivity (Wildman–Crippen MR) is 102 cm³/mol. The van der Waals surface area contributed by atoms with Gasteiger partial charge in [-0.3, -0.25) is 14.6 Å². The van der Waals surface area contributed by atoms with Crippen LogP contribution in [-0.2, 0) is 0 Å². The molecule has 3 aromatic rings. The third-order valence-electron chi connectivity index (χ3n) is 5.01. The van der Waals surface area contributed by atoms with Crippen molar-refractivity contribution in [2.24, 2.45) is 0 Å². The Morgan fingerprint density at radius 2 is 1.75 bits per heavy atom. The Labute approximate surface area is 162 Å². The summed E-state index contributed by atoms with van der Waals surface area (Å²) in [4.78, 5) is 34.6. The summed E-state index contributed by atoms with van der Waals surface area (Å²) >= 11 is 0. The van der Waals surface area contributed by atoms with Gasteiger partial charge in [-0.2, -0.15) is 4.98 Å². The Morgan fingerprint density at radius 1 is 1.04 bits per heavy atom. The molecule has 1 aromatic carbocycles. The van der Waals surface area contributed by atoms with Gasteiger partial charge in [0.25, 0.3) is 5.91 Å². The first-order valence-electron chi connectivity index (χ1n) is 9.27. The normalized spacial score (nSPS) is 14.8. The molecule has 7 nitrogen and oxygen atoms in total. The number of amides is 1. The smallest absolute Gasteiger partial charge is 0.253 e. The number of benzene rings is 1. The van der Waals surface area contributed by atoms with Crippen LogP contribution in [0.15, 0.2) is 53.2 Å². The van der Waals surface area contributed by atoms with Gasteiger partial charge in [0.05, 0.1) is 0 Å². The molecule has 0 radical (unpaired) electrons. The quantitative estimate of drug-likeness (QED) is 0.649. The number of rotatable bonds is 4. The van der Waals surface area contributed by atoms with Crippen molar-refractivity contribution in [1.82, 2.24) is 20.0 Å². The monoisotopic (exact) mass is 376 g/mol. The highest BCUT2D eigenvalue weighted by molar-refractivity contribution is 5.97. The lowest BCUT2D eigenvalue weighted by Crippen LogP contribution is -2.38. The van der Waals surface area contributed by atoms with Crippen molar-refractivity contribution in [3.63, 3.8) is 0 Å². The molecule has 1 aliphatic heterocycles. The first-order valence-corrected chi connectivity index (χ1v) is 9.27. The predicted octanol–water partition coefficient (Wildman–Crippen LogP) is 3.35. The van der Waals surface area contributed by atoms with E-state index < -0.39 is 0 Å². The molecule has 1 amide bonds. The summed E-state index contributed by atoms with van der Waals surface area (Å²) in [6.45, 7) is 2.76. The summed E-state index contributed by atoms with van der Waals surface area (Å²) in [6, 6.07) is 12.4. The van der Waals surface area contributed by atoms with Crippen molar-refractivity contribution < 1.29 is 14.1 Å². The molecule has 2 aromatic heterocycles. The molecule has 0 bridgehead atoms. The van der Waals surface area contributed by atoms with Crippen LogP contribution in [0.3, 0.4) is 0 Å². The van der Waals surface area contributed by atoms with E-state index in [2.05, 4.69) is 15.1 Å². The van der Waals surface area contributed by atoms with Gasteiger partial charge in [0.15, 0.2) is 5.78 Å². The zero-order chi connectivity index (χ0) is 19.5. The number of hydrogen-bond acceptors (Lipinski definition) is 6. The van der Waals surface area contributed by atoms with Crippen molar-refractivity contribution in [3.05, 3.63) is 65.7 Å². The van der Waals surface area contributed by atoms with Crippen molar-refractivity contribution in [2.45, 2.75) is 25.7 Å². The lowest BCUT2D eigenvalue weighted by molar-refractivity contribution is 0.0704. The molecule has 0 aliphatic carbocycles. The molecule has 0 saturated carbocycles. The molecule has 0 N–H and O–H groups in total. The minimum Gasteiger partial charge on any atom is -0.339 e. The van der Waals surface area contributed by atoms with Gasteiger partial charge >= 0.3 is 0 Å². The Morgan fingerprint density at radius 3 is 2.39 bits per heavy atom. The zero-order valence-corrected chi connectivity index (χ0v) is 15.5. The fourth-order valence-electron chi connectivity index (χ4n) is 3.36. The van der Waals surface area contributed by atoms with E-state index in [9.17, 15) is 9.59 Å². The van der Waals surface area contributed by atoms with E-state index in [4.69, 9.17) is 4.52 Å². The van der Waals surface area contributed by atoms with E-state index in [1.165, 1.54) is 6.92 Å². The average Bonchev–Trinajstić information content (AvgIpc) is 3.24. The number of Topliss-reactive ketones (excluding diaryl/α,β-unsaturated/α-hetero) is 1. The summed E-state index contributed by atoms with van der Waals surface area (Å²) in [5.74, 6) is 1.19. The summed E-state index contributed by atoms with van der Waals surface area (Å²) in [7, 11) is 0. The van der Waals surface area contributed by atoms with Gasteiger partial charge in [-0.1, -0.05) is 23.4 Å². The molecule has 7 heteroatoms. The van der Waals surface area contributed by atoms with Crippen molar-refractivity contribution in [3.8, 4) is 11.5 Å². The second kappa shape index (κ2) is 7.72. The van der Waals surface area contributed by atoms with E-state index in [0.29, 0.717) is 41.6 Å². The Kier molecular flexibility index (Phi) is 4.97. The number of piperidine rings is 1. The molecule has 1 saturated heterocycles. The van der Waals surface area contributed by atoms with Gasteiger partial charge in [-0.15, -0.1) is 0 Å². The maximum Gasteiger partial charge on any atom is 0.253 e. The summed E-state index contributed by atoms with van der Waals surface area (Å²) < 4.78 is 5.44. The van der Waals surface area contributed by atoms with Crippen LogP contribution in [0.5, 0.6) is 0 Å². The largest absolute Gasteiger partial charge is 0.339 e. The van der Waals surface area contributed by atoms with E-state index in [1.807, 2.05) is 23.1 Å². The van der Waals surface area contributed by atoms with E-state index in [1.54, 1.807) is 30.5 Å². The topological polar surface area (TPSA) is 89.2 Å². The average molecular weight is 376 g/mol. The molecular formula is C21H20N4O3. The fourth-order valence-corrected chi connectivity index (χ4v) is 3.36. The number of carbonyl (C=O) groups excluding carboxylic acids is 2. The van der Waals surface area contributed by atoms with Crippen molar-refractivity contribution in [2.75, 3.05) is 13.1 Å². The van der Waals surface area contributed by atoms with Crippen molar-refractivity contribution in [1.29, 1.82) is 0 Å². The number of likely N-dealkylation sites (tertiary alicyclic amines) is 1. The number of aromatic nitrogens is 3. The van der Waals surface area contributed by atoms with Gasteiger partial charge < -0.3 is 9.42 Å². The lowest BCUT2D eigenvalue weighted by atomic mass is 9.96. The highest BCUT2D eigenvalue weighted by Crippen LogP contribution is 2.28. The highest BCUT2D eigenvalue weighted by atomic mass is 16.5. The maximum absolute atomic E-state index is 12.7. The summed E-state index contributed by atoms with van der Waals surface area (Å²) in [5, 5.41) is 4.03. The minimum atomic E-state index is -0.0201. The molecule has 28 heavy (non-hydrogen) atoms. The Hall–Kier alpha value is -3.35. The number of hydrogen-bond donors (Lipinski definition) is 0. The van der Waals surface area contributed by atoms with Crippen LogP contribution < -0.4 is 0 Å². The molecule has 0 atom stereocenters. The Bertz CT molecular complexity index is 974. The van der Waals surface area contributed by atoms with Crippen LogP contribution >= 0.6 is 0 Å². The lowest BCUT2D eigenvalue weighted by Gasteiger charge is -2.30. The molecule has 4 rings (SSSR count). The number of pyridine rings is 1. The molecule has 3 heterocycles. The van der Waals surface area contributed by atoms with Gasteiger partial charge in [0.2, 0.25) is 11.7 Å². The standard InChI is InChI=1S/C21H20N4O3/c1-14(26)15-5-7-17(8-6-15)21(27)25-12-9-16(10-13-25)20-23-19(24-28-20)18-4-2-3-11-22-18/h2-8,11,16H,9-10,12-13H2,1H3. The SMILES string of the molecule is CC(=O)c1ccc(C(=O)N2CCC(c3nc(-c4ccccn4)no3)CC2)cc1. The van der Waals surface area contributed by atoms with E-state index in [-0.39, 0.29) is 17.6 Å². The molecule has 1 fully saturated rings. The first kappa shape index (κ1) is 18.0. The molecule has 0 unspecified atom stereocenters.